The fourth-order valence-electron chi connectivity index (χ4n) is 3.21. The molecule has 1 amide bonds. The Labute approximate surface area is 136 Å². The molecule has 1 saturated carbocycles. The zero-order valence-corrected chi connectivity index (χ0v) is 13.1. The SMILES string of the molecule is Cc1cn(CC(=O)N[C@@H]2CCC[C@@H]2n2ccnc2)nc1C(F)(F)F. The molecule has 0 saturated heterocycles. The molecule has 1 fully saturated rings. The van der Waals surface area contributed by atoms with Crippen LogP contribution in [0.25, 0.3) is 0 Å². The molecule has 2 heterocycles. The van der Waals surface area contributed by atoms with Crippen molar-refractivity contribution in [3.05, 3.63) is 36.2 Å². The number of halogens is 3. The molecule has 9 heteroatoms. The first-order chi connectivity index (χ1) is 11.3. The summed E-state index contributed by atoms with van der Waals surface area (Å²) in [5.41, 5.74) is -0.945. The van der Waals surface area contributed by atoms with E-state index in [1.165, 1.54) is 13.1 Å². The molecular formula is C15H18F3N5O. The molecule has 1 aliphatic carbocycles. The number of rotatable bonds is 4. The number of hydrogen-bond acceptors (Lipinski definition) is 3. The number of nitrogens with zero attached hydrogens (tertiary/aromatic N) is 4. The van der Waals surface area contributed by atoms with Crippen LogP contribution < -0.4 is 5.32 Å². The molecule has 0 aromatic carbocycles. The standard InChI is InChI=1S/C15H18F3N5O/c1-10-7-23(21-14(10)15(16,17)18)8-13(24)20-11-3-2-4-12(11)22-6-5-19-9-22/h5-7,9,11-12H,2-4,8H2,1H3,(H,20,24)/t11-,12+/m1/s1. The number of alkyl halides is 3. The number of imidazole rings is 1. The summed E-state index contributed by atoms with van der Waals surface area (Å²) in [5.74, 6) is -0.344. The van der Waals surface area contributed by atoms with Crippen LogP contribution in [0.5, 0.6) is 0 Å². The molecule has 1 aliphatic rings. The van der Waals surface area contributed by atoms with E-state index in [0.29, 0.717) is 0 Å². The number of carbonyl (C=O) groups is 1. The van der Waals surface area contributed by atoms with E-state index in [1.54, 1.807) is 12.5 Å². The normalized spacial score (nSPS) is 21.2. The predicted molar refractivity (Wildman–Crippen MR) is 79.0 cm³/mol. The van der Waals surface area contributed by atoms with Crippen molar-refractivity contribution in [3.63, 3.8) is 0 Å². The van der Waals surface area contributed by atoms with Crippen molar-refractivity contribution in [3.8, 4) is 0 Å². The minimum atomic E-state index is -4.51. The zero-order chi connectivity index (χ0) is 17.3. The minimum Gasteiger partial charge on any atom is -0.350 e. The van der Waals surface area contributed by atoms with Crippen molar-refractivity contribution < 1.29 is 18.0 Å². The second-order valence-electron chi connectivity index (χ2n) is 6.04. The lowest BCUT2D eigenvalue weighted by atomic mass is 10.1. The molecule has 6 nitrogen and oxygen atoms in total. The molecule has 2 atom stereocenters. The molecule has 0 unspecified atom stereocenters. The second-order valence-corrected chi connectivity index (χ2v) is 6.04. The summed E-state index contributed by atoms with van der Waals surface area (Å²) in [5, 5.41) is 6.38. The van der Waals surface area contributed by atoms with Crippen molar-refractivity contribution in [2.24, 2.45) is 0 Å². The van der Waals surface area contributed by atoms with Crippen LogP contribution in [0.3, 0.4) is 0 Å². The molecule has 2 aromatic heterocycles. The summed E-state index contributed by atoms with van der Waals surface area (Å²) >= 11 is 0. The van der Waals surface area contributed by atoms with Crippen molar-refractivity contribution in [1.82, 2.24) is 24.6 Å². The van der Waals surface area contributed by atoms with Crippen LogP contribution in [0.15, 0.2) is 24.9 Å². The zero-order valence-electron chi connectivity index (χ0n) is 13.1. The van der Waals surface area contributed by atoms with Gasteiger partial charge < -0.3 is 9.88 Å². The Hall–Kier alpha value is -2.32. The summed E-state index contributed by atoms with van der Waals surface area (Å²) in [6, 6.07) is 0.0759. The van der Waals surface area contributed by atoms with Crippen molar-refractivity contribution in [2.75, 3.05) is 0 Å². The Morgan fingerprint density at radius 1 is 1.42 bits per heavy atom. The van der Waals surface area contributed by atoms with Crippen LogP contribution in [0.2, 0.25) is 0 Å². The highest BCUT2D eigenvalue weighted by Crippen LogP contribution is 2.31. The average Bonchev–Trinajstić information content (AvgIpc) is 3.17. The van der Waals surface area contributed by atoms with E-state index in [9.17, 15) is 18.0 Å². The van der Waals surface area contributed by atoms with E-state index in [1.807, 2.05) is 10.8 Å². The van der Waals surface area contributed by atoms with E-state index in [-0.39, 0.29) is 30.1 Å². The summed E-state index contributed by atoms with van der Waals surface area (Å²) in [7, 11) is 0. The van der Waals surface area contributed by atoms with Crippen LogP contribution in [0.1, 0.15) is 36.6 Å². The molecule has 0 spiro atoms. The van der Waals surface area contributed by atoms with Gasteiger partial charge in [0.1, 0.15) is 6.54 Å². The van der Waals surface area contributed by atoms with Gasteiger partial charge in [0.25, 0.3) is 0 Å². The van der Waals surface area contributed by atoms with Gasteiger partial charge in [0.15, 0.2) is 5.69 Å². The molecule has 0 bridgehead atoms. The van der Waals surface area contributed by atoms with Crippen molar-refractivity contribution >= 4 is 5.91 Å². The first-order valence-corrected chi connectivity index (χ1v) is 7.72. The molecule has 0 radical (unpaired) electrons. The van der Waals surface area contributed by atoms with Crippen LogP contribution in [-0.4, -0.2) is 31.3 Å². The molecule has 24 heavy (non-hydrogen) atoms. The minimum absolute atomic E-state index is 0.00691. The first-order valence-electron chi connectivity index (χ1n) is 7.72. The van der Waals surface area contributed by atoms with Gasteiger partial charge in [0, 0.05) is 24.6 Å². The second kappa shape index (κ2) is 6.29. The topological polar surface area (TPSA) is 64.7 Å². The van der Waals surface area contributed by atoms with Crippen LogP contribution >= 0.6 is 0 Å². The van der Waals surface area contributed by atoms with Crippen molar-refractivity contribution in [2.45, 2.75) is 51.0 Å². The van der Waals surface area contributed by atoms with E-state index in [2.05, 4.69) is 15.4 Å². The summed E-state index contributed by atoms with van der Waals surface area (Å²) in [6.45, 7) is 1.10. The van der Waals surface area contributed by atoms with Crippen LogP contribution in [-0.2, 0) is 17.5 Å². The Kier molecular flexibility index (Phi) is 4.33. The third kappa shape index (κ3) is 3.44. The number of nitrogens with one attached hydrogen (secondary N) is 1. The number of carbonyl (C=O) groups excluding carboxylic acids is 1. The molecule has 2 aromatic rings. The molecule has 3 rings (SSSR count). The number of amides is 1. The molecular weight excluding hydrogens is 323 g/mol. The lowest BCUT2D eigenvalue weighted by Crippen LogP contribution is -2.40. The fraction of sp³-hybridized carbons (Fsp3) is 0.533. The Balaban J connectivity index is 1.64. The predicted octanol–water partition coefficient (Wildman–Crippen LogP) is 2.32. The average molecular weight is 341 g/mol. The first kappa shape index (κ1) is 16.5. The maximum atomic E-state index is 12.8. The monoisotopic (exact) mass is 341 g/mol. The number of hydrogen-bond donors (Lipinski definition) is 1. The smallest absolute Gasteiger partial charge is 0.350 e. The van der Waals surface area contributed by atoms with Gasteiger partial charge in [0.2, 0.25) is 5.91 Å². The van der Waals surface area contributed by atoms with Gasteiger partial charge in [-0.15, -0.1) is 0 Å². The van der Waals surface area contributed by atoms with Gasteiger partial charge in [-0.2, -0.15) is 18.3 Å². The summed E-state index contributed by atoms with van der Waals surface area (Å²) in [6.07, 6.45) is 4.72. The molecule has 0 aliphatic heterocycles. The summed E-state index contributed by atoms with van der Waals surface area (Å²) in [4.78, 5) is 16.2. The van der Waals surface area contributed by atoms with E-state index in [0.717, 1.165) is 23.9 Å². The van der Waals surface area contributed by atoms with Gasteiger partial charge in [-0.3, -0.25) is 9.48 Å². The maximum Gasteiger partial charge on any atom is 0.435 e. The number of aryl methyl sites for hydroxylation is 1. The highest BCUT2D eigenvalue weighted by Gasteiger charge is 2.36. The van der Waals surface area contributed by atoms with Gasteiger partial charge in [0.05, 0.1) is 12.4 Å². The van der Waals surface area contributed by atoms with Gasteiger partial charge in [-0.1, -0.05) is 0 Å². The third-order valence-corrected chi connectivity index (χ3v) is 4.25. The van der Waals surface area contributed by atoms with Gasteiger partial charge >= 0.3 is 6.18 Å². The Morgan fingerprint density at radius 2 is 2.21 bits per heavy atom. The van der Waals surface area contributed by atoms with E-state index in [4.69, 9.17) is 0 Å². The van der Waals surface area contributed by atoms with Crippen molar-refractivity contribution in [1.29, 1.82) is 0 Å². The van der Waals surface area contributed by atoms with Gasteiger partial charge in [-0.25, -0.2) is 4.98 Å². The quantitative estimate of drug-likeness (QED) is 0.928. The Morgan fingerprint density at radius 3 is 2.83 bits per heavy atom. The highest BCUT2D eigenvalue weighted by molar-refractivity contribution is 5.76. The maximum absolute atomic E-state index is 12.8. The third-order valence-electron chi connectivity index (χ3n) is 4.25. The molecule has 130 valence electrons. The number of aromatic nitrogens is 4. The van der Waals surface area contributed by atoms with Crippen LogP contribution in [0, 0.1) is 6.92 Å². The highest BCUT2D eigenvalue weighted by atomic mass is 19.4. The van der Waals surface area contributed by atoms with Crippen LogP contribution in [0.4, 0.5) is 13.2 Å². The largest absolute Gasteiger partial charge is 0.435 e. The van der Waals surface area contributed by atoms with E-state index < -0.39 is 11.9 Å². The summed E-state index contributed by atoms with van der Waals surface area (Å²) < 4.78 is 41.2. The Bertz CT molecular complexity index is 707. The van der Waals surface area contributed by atoms with E-state index >= 15 is 0 Å². The van der Waals surface area contributed by atoms with Gasteiger partial charge in [-0.05, 0) is 31.7 Å². The lowest BCUT2D eigenvalue weighted by molar-refractivity contribution is -0.142. The lowest BCUT2D eigenvalue weighted by Gasteiger charge is -2.22. The molecule has 1 N–H and O–H groups in total. The fourth-order valence-corrected chi connectivity index (χ4v) is 3.21.